The lowest BCUT2D eigenvalue weighted by atomic mass is 9.95. The molecule has 0 bridgehead atoms. The first-order valence-corrected chi connectivity index (χ1v) is 7.11. The molecule has 1 aliphatic rings. The minimum Gasteiger partial charge on any atom is -0.495 e. The van der Waals surface area contributed by atoms with E-state index >= 15 is 0 Å². The molecular formula is C16H23NO3. The second-order valence-corrected chi connectivity index (χ2v) is 5.43. The molecule has 1 aromatic rings. The SMILES string of the molecule is COC(=O)C(C)CC1CCN(c2ccccc2OC)C1. The van der Waals surface area contributed by atoms with E-state index in [1.807, 2.05) is 25.1 Å². The fourth-order valence-electron chi connectivity index (χ4n) is 2.93. The Morgan fingerprint density at radius 1 is 1.40 bits per heavy atom. The first-order chi connectivity index (χ1) is 9.65. The Morgan fingerprint density at radius 3 is 2.85 bits per heavy atom. The van der Waals surface area contributed by atoms with Gasteiger partial charge in [0, 0.05) is 13.1 Å². The smallest absolute Gasteiger partial charge is 0.308 e. The van der Waals surface area contributed by atoms with Crippen LogP contribution in [-0.2, 0) is 9.53 Å². The van der Waals surface area contributed by atoms with E-state index in [4.69, 9.17) is 9.47 Å². The Balaban J connectivity index is 1.97. The first-order valence-electron chi connectivity index (χ1n) is 7.11. The van der Waals surface area contributed by atoms with Crippen LogP contribution in [0.5, 0.6) is 5.75 Å². The maximum atomic E-state index is 11.5. The van der Waals surface area contributed by atoms with Gasteiger partial charge in [0.1, 0.15) is 5.75 Å². The number of para-hydroxylation sites is 2. The zero-order chi connectivity index (χ0) is 14.5. The Hall–Kier alpha value is -1.71. The van der Waals surface area contributed by atoms with Crippen LogP contribution < -0.4 is 9.64 Å². The molecule has 110 valence electrons. The third kappa shape index (κ3) is 3.24. The summed E-state index contributed by atoms with van der Waals surface area (Å²) in [5, 5.41) is 0. The normalized spacial score (nSPS) is 19.8. The lowest BCUT2D eigenvalue weighted by molar-refractivity contribution is -0.145. The molecule has 4 nitrogen and oxygen atoms in total. The van der Waals surface area contributed by atoms with Gasteiger partial charge >= 0.3 is 5.97 Å². The minimum absolute atomic E-state index is 0.0254. The Bertz CT molecular complexity index is 461. The molecule has 0 N–H and O–H groups in total. The van der Waals surface area contributed by atoms with Crippen molar-refractivity contribution in [3.8, 4) is 5.75 Å². The topological polar surface area (TPSA) is 38.8 Å². The fourth-order valence-corrected chi connectivity index (χ4v) is 2.93. The molecule has 1 aromatic carbocycles. The summed E-state index contributed by atoms with van der Waals surface area (Å²) >= 11 is 0. The zero-order valence-corrected chi connectivity index (χ0v) is 12.5. The van der Waals surface area contributed by atoms with Crippen molar-refractivity contribution in [3.63, 3.8) is 0 Å². The van der Waals surface area contributed by atoms with E-state index < -0.39 is 0 Å². The maximum Gasteiger partial charge on any atom is 0.308 e. The molecule has 1 saturated heterocycles. The van der Waals surface area contributed by atoms with Gasteiger partial charge in [-0.3, -0.25) is 4.79 Å². The van der Waals surface area contributed by atoms with E-state index in [1.54, 1.807) is 7.11 Å². The van der Waals surface area contributed by atoms with Gasteiger partial charge in [0.05, 0.1) is 25.8 Å². The van der Waals surface area contributed by atoms with Crippen LogP contribution in [0, 0.1) is 11.8 Å². The average Bonchev–Trinajstić information content (AvgIpc) is 2.94. The van der Waals surface area contributed by atoms with Crippen LogP contribution >= 0.6 is 0 Å². The lowest BCUT2D eigenvalue weighted by Gasteiger charge is -2.21. The number of carbonyl (C=O) groups excluding carboxylic acids is 1. The highest BCUT2D eigenvalue weighted by atomic mass is 16.5. The van der Waals surface area contributed by atoms with Crippen molar-refractivity contribution >= 4 is 11.7 Å². The van der Waals surface area contributed by atoms with Crippen molar-refractivity contribution in [2.75, 3.05) is 32.2 Å². The van der Waals surface area contributed by atoms with Crippen molar-refractivity contribution in [1.29, 1.82) is 0 Å². The molecule has 0 aromatic heterocycles. The largest absolute Gasteiger partial charge is 0.495 e. The summed E-state index contributed by atoms with van der Waals surface area (Å²) in [5.41, 5.74) is 1.14. The fraction of sp³-hybridized carbons (Fsp3) is 0.562. The summed E-state index contributed by atoms with van der Waals surface area (Å²) in [7, 11) is 3.15. The van der Waals surface area contributed by atoms with Gasteiger partial charge in [-0.05, 0) is 30.9 Å². The van der Waals surface area contributed by atoms with E-state index in [-0.39, 0.29) is 11.9 Å². The second-order valence-electron chi connectivity index (χ2n) is 5.43. The Kier molecular flexibility index (Phi) is 4.88. The minimum atomic E-state index is -0.110. The van der Waals surface area contributed by atoms with Gasteiger partial charge in [-0.25, -0.2) is 0 Å². The number of hydrogen-bond acceptors (Lipinski definition) is 4. The molecular weight excluding hydrogens is 254 g/mol. The monoisotopic (exact) mass is 277 g/mol. The van der Waals surface area contributed by atoms with E-state index in [2.05, 4.69) is 11.0 Å². The second kappa shape index (κ2) is 6.64. The molecule has 1 aliphatic heterocycles. The quantitative estimate of drug-likeness (QED) is 0.776. The van der Waals surface area contributed by atoms with Crippen LogP contribution in [0.1, 0.15) is 19.8 Å². The number of nitrogens with zero attached hydrogens (tertiary/aromatic N) is 1. The highest BCUT2D eigenvalue weighted by Crippen LogP contribution is 2.33. The highest BCUT2D eigenvalue weighted by molar-refractivity contribution is 5.71. The van der Waals surface area contributed by atoms with Crippen LogP contribution in [0.2, 0.25) is 0 Å². The molecule has 1 fully saturated rings. The number of hydrogen-bond donors (Lipinski definition) is 0. The lowest BCUT2D eigenvalue weighted by Crippen LogP contribution is -2.22. The number of carbonyl (C=O) groups is 1. The maximum absolute atomic E-state index is 11.5. The van der Waals surface area contributed by atoms with Crippen molar-refractivity contribution in [2.24, 2.45) is 11.8 Å². The molecule has 1 heterocycles. The zero-order valence-electron chi connectivity index (χ0n) is 12.5. The van der Waals surface area contributed by atoms with E-state index in [9.17, 15) is 4.79 Å². The Morgan fingerprint density at radius 2 is 2.15 bits per heavy atom. The molecule has 0 aliphatic carbocycles. The van der Waals surface area contributed by atoms with E-state index in [0.717, 1.165) is 37.4 Å². The van der Waals surface area contributed by atoms with Crippen LogP contribution in [0.15, 0.2) is 24.3 Å². The summed E-state index contributed by atoms with van der Waals surface area (Å²) in [5.74, 6) is 1.31. The third-order valence-electron chi connectivity index (χ3n) is 4.00. The molecule has 0 radical (unpaired) electrons. The molecule has 4 heteroatoms. The number of esters is 1. The number of anilines is 1. The van der Waals surface area contributed by atoms with Crippen molar-refractivity contribution < 1.29 is 14.3 Å². The predicted octanol–water partition coefficient (Wildman–Crippen LogP) is 2.72. The average molecular weight is 277 g/mol. The van der Waals surface area contributed by atoms with E-state index in [1.165, 1.54) is 7.11 Å². The van der Waals surface area contributed by atoms with Gasteiger partial charge in [0.2, 0.25) is 0 Å². The first kappa shape index (κ1) is 14.7. The molecule has 2 rings (SSSR count). The van der Waals surface area contributed by atoms with Crippen LogP contribution in [-0.4, -0.2) is 33.3 Å². The predicted molar refractivity (Wildman–Crippen MR) is 79.1 cm³/mol. The van der Waals surface area contributed by atoms with Gasteiger partial charge in [-0.2, -0.15) is 0 Å². The molecule has 2 unspecified atom stereocenters. The van der Waals surface area contributed by atoms with Crippen molar-refractivity contribution in [2.45, 2.75) is 19.8 Å². The highest BCUT2D eigenvalue weighted by Gasteiger charge is 2.27. The number of rotatable bonds is 5. The van der Waals surface area contributed by atoms with E-state index in [0.29, 0.717) is 5.92 Å². The van der Waals surface area contributed by atoms with Gasteiger partial charge < -0.3 is 14.4 Å². The third-order valence-corrected chi connectivity index (χ3v) is 4.00. The summed E-state index contributed by atoms with van der Waals surface area (Å²) in [6, 6.07) is 8.09. The summed E-state index contributed by atoms with van der Waals surface area (Å²) < 4.78 is 10.2. The van der Waals surface area contributed by atoms with Gasteiger partial charge in [-0.15, -0.1) is 0 Å². The molecule has 20 heavy (non-hydrogen) atoms. The molecule has 2 atom stereocenters. The standard InChI is InChI=1S/C16H23NO3/c1-12(16(18)20-3)10-13-8-9-17(11-13)14-6-4-5-7-15(14)19-2/h4-7,12-13H,8-11H2,1-3H3. The number of ether oxygens (including phenoxy) is 2. The van der Waals surface area contributed by atoms with Crippen molar-refractivity contribution in [3.05, 3.63) is 24.3 Å². The van der Waals surface area contributed by atoms with Gasteiger partial charge in [-0.1, -0.05) is 19.1 Å². The molecule has 0 spiro atoms. The van der Waals surface area contributed by atoms with Gasteiger partial charge in [0.25, 0.3) is 0 Å². The molecule has 0 saturated carbocycles. The van der Waals surface area contributed by atoms with Crippen LogP contribution in [0.25, 0.3) is 0 Å². The number of methoxy groups -OCH3 is 2. The summed E-state index contributed by atoms with van der Waals surface area (Å²) in [6.07, 6.45) is 2.00. The molecule has 0 amide bonds. The van der Waals surface area contributed by atoms with Crippen LogP contribution in [0.4, 0.5) is 5.69 Å². The van der Waals surface area contributed by atoms with Crippen LogP contribution in [0.3, 0.4) is 0 Å². The Labute approximate surface area is 120 Å². The number of benzene rings is 1. The van der Waals surface area contributed by atoms with Crippen molar-refractivity contribution in [1.82, 2.24) is 0 Å². The summed E-state index contributed by atoms with van der Waals surface area (Å²) in [4.78, 5) is 13.8. The summed E-state index contributed by atoms with van der Waals surface area (Å²) in [6.45, 7) is 3.93. The van der Waals surface area contributed by atoms with Gasteiger partial charge in [0.15, 0.2) is 0 Å².